The number of nitrogens with two attached hydrogens (primary N) is 1. The van der Waals surface area contributed by atoms with Crippen LogP contribution in [0.2, 0.25) is 0 Å². The molecule has 0 aliphatic carbocycles. The molecule has 2 aromatic carbocycles. The Bertz CT molecular complexity index is 1650. The van der Waals surface area contributed by atoms with Crippen LogP contribution in [0.3, 0.4) is 0 Å². The van der Waals surface area contributed by atoms with Crippen molar-refractivity contribution in [3.8, 4) is 11.1 Å². The summed E-state index contributed by atoms with van der Waals surface area (Å²) >= 11 is 0. The number of hydrogen-bond donors (Lipinski definition) is 2. The summed E-state index contributed by atoms with van der Waals surface area (Å²) in [5.74, 6) is 0.976. The van der Waals surface area contributed by atoms with E-state index in [1.165, 1.54) is 10.5 Å². The summed E-state index contributed by atoms with van der Waals surface area (Å²) in [7, 11) is 0. The first kappa shape index (κ1) is 21.8. The molecular weight excluding hydrogens is 454 g/mol. The van der Waals surface area contributed by atoms with Crippen molar-refractivity contribution in [3.63, 3.8) is 0 Å². The molecule has 0 saturated carbocycles. The van der Waals surface area contributed by atoms with Gasteiger partial charge in [0, 0.05) is 30.2 Å². The molecule has 0 saturated heterocycles. The predicted octanol–water partition coefficient (Wildman–Crippen LogP) is 4.45. The molecule has 0 unspecified atom stereocenters. The van der Waals surface area contributed by atoms with Crippen molar-refractivity contribution in [1.82, 2.24) is 29.3 Å². The van der Waals surface area contributed by atoms with Crippen LogP contribution in [-0.4, -0.2) is 53.6 Å². The van der Waals surface area contributed by atoms with Gasteiger partial charge < -0.3 is 15.7 Å². The number of hydrogen-bond acceptors (Lipinski definition) is 5. The molecule has 0 spiro atoms. The smallest absolute Gasteiger partial charge is 0.407 e. The monoisotopic (exact) mass is 479 g/mol. The normalized spacial score (nSPS) is 13.9. The summed E-state index contributed by atoms with van der Waals surface area (Å²) in [4.78, 5) is 17.2. The van der Waals surface area contributed by atoms with Gasteiger partial charge in [0.1, 0.15) is 11.3 Å². The van der Waals surface area contributed by atoms with Gasteiger partial charge in [-0.25, -0.2) is 14.3 Å². The van der Waals surface area contributed by atoms with Gasteiger partial charge in [-0.05, 0) is 42.2 Å². The number of fused-ring (bicyclic) bond motifs is 2. The topological polar surface area (TPSA) is 115 Å². The van der Waals surface area contributed by atoms with Crippen LogP contribution in [0.4, 0.5) is 10.6 Å². The quantitative estimate of drug-likeness (QED) is 0.394. The van der Waals surface area contributed by atoms with Crippen LogP contribution >= 0.6 is 0 Å². The van der Waals surface area contributed by atoms with Crippen LogP contribution in [-0.2, 0) is 6.54 Å². The van der Waals surface area contributed by atoms with E-state index in [4.69, 9.17) is 10.8 Å². The average molecular weight is 480 g/mol. The Labute approximate surface area is 207 Å². The number of anilines is 1. The second kappa shape index (κ2) is 8.53. The number of nitrogen functional groups attached to an aromatic ring is 1. The lowest BCUT2D eigenvalue weighted by Gasteiger charge is -2.23. The Kier molecular flexibility index (Phi) is 5.18. The van der Waals surface area contributed by atoms with Crippen molar-refractivity contribution < 1.29 is 9.90 Å². The van der Waals surface area contributed by atoms with E-state index in [2.05, 4.69) is 52.7 Å². The first-order valence-electron chi connectivity index (χ1n) is 11.8. The molecule has 0 atom stereocenters. The molecule has 1 aliphatic heterocycles. The van der Waals surface area contributed by atoms with Gasteiger partial charge in [-0.3, -0.25) is 4.68 Å². The molecule has 9 heteroatoms. The number of carbonyl (C=O) groups is 1. The Morgan fingerprint density at radius 3 is 2.69 bits per heavy atom. The number of amides is 1. The number of rotatable bonds is 4. The molecule has 0 radical (unpaired) electrons. The van der Waals surface area contributed by atoms with Crippen LogP contribution < -0.4 is 5.73 Å². The first-order chi connectivity index (χ1) is 17.5. The van der Waals surface area contributed by atoms with Gasteiger partial charge >= 0.3 is 6.09 Å². The lowest BCUT2D eigenvalue weighted by Crippen LogP contribution is -2.33. The van der Waals surface area contributed by atoms with Gasteiger partial charge in [0.2, 0.25) is 0 Å². The summed E-state index contributed by atoms with van der Waals surface area (Å²) in [6, 6.07) is 18.5. The second-order valence-electron chi connectivity index (χ2n) is 9.04. The van der Waals surface area contributed by atoms with Crippen molar-refractivity contribution in [3.05, 3.63) is 84.0 Å². The van der Waals surface area contributed by atoms with Crippen molar-refractivity contribution in [1.29, 1.82) is 0 Å². The van der Waals surface area contributed by atoms with Gasteiger partial charge in [-0.1, -0.05) is 48.5 Å². The molecule has 1 aliphatic rings. The molecule has 3 N–H and O–H groups in total. The molecule has 9 nitrogen and oxygen atoms in total. The highest BCUT2D eigenvalue weighted by molar-refractivity contribution is 5.94. The lowest BCUT2D eigenvalue weighted by molar-refractivity contribution is 0.150. The fourth-order valence-corrected chi connectivity index (χ4v) is 4.86. The summed E-state index contributed by atoms with van der Waals surface area (Å²) in [6.07, 6.45) is 3.69. The van der Waals surface area contributed by atoms with Gasteiger partial charge in [0.15, 0.2) is 5.82 Å². The maximum Gasteiger partial charge on any atom is 0.407 e. The van der Waals surface area contributed by atoms with E-state index < -0.39 is 6.09 Å². The second-order valence-corrected chi connectivity index (χ2v) is 9.04. The molecular formula is C27H25N7O2. The molecule has 0 fully saturated rings. The molecule has 6 rings (SSSR count). The van der Waals surface area contributed by atoms with Crippen LogP contribution in [0.5, 0.6) is 0 Å². The standard InChI is InChI=1S/C27H25N7O2/c1-17-29-26(28)25-22(14-24(34(25)30-17)19-9-11-32(12-10-19)27(35)36)20-7-8-21-16-33(31-23(21)13-20)15-18-5-3-2-4-6-18/h2-9,13-14,16H,10-12,15H2,1H3,(H,35,36)(H2,28,29,30). The molecule has 5 aromatic rings. The lowest BCUT2D eigenvalue weighted by atomic mass is 10.0. The largest absolute Gasteiger partial charge is 0.465 e. The molecule has 36 heavy (non-hydrogen) atoms. The number of carboxylic acid groups (broad SMARTS) is 1. The zero-order valence-corrected chi connectivity index (χ0v) is 19.8. The van der Waals surface area contributed by atoms with Gasteiger partial charge in [0.05, 0.1) is 17.8 Å². The van der Waals surface area contributed by atoms with Crippen molar-refractivity contribution >= 4 is 33.9 Å². The van der Waals surface area contributed by atoms with Crippen LogP contribution in [0.25, 0.3) is 33.1 Å². The highest BCUT2D eigenvalue weighted by Gasteiger charge is 2.22. The number of nitrogens with zero attached hydrogens (tertiary/aromatic N) is 6. The Morgan fingerprint density at radius 1 is 1.11 bits per heavy atom. The minimum Gasteiger partial charge on any atom is -0.465 e. The summed E-state index contributed by atoms with van der Waals surface area (Å²) < 4.78 is 3.79. The third-order valence-electron chi connectivity index (χ3n) is 6.61. The van der Waals surface area contributed by atoms with Crippen molar-refractivity contribution in [2.75, 3.05) is 18.8 Å². The molecule has 4 heterocycles. The zero-order chi connectivity index (χ0) is 24.8. The molecule has 180 valence electrons. The highest BCUT2D eigenvalue weighted by atomic mass is 16.4. The van der Waals surface area contributed by atoms with Gasteiger partial charge in [-0.2, -0.15) is 10.2 Å². The average Bonchev–Trinajstić information content (AvgIpc) is 3.45. The van der Waals surface area contributed by atoms with Crippen molar-refractivity contribution in [2.45, 2.75) is 19.9 Å². The van der Waals surface area contributed by atoms with Crippen LogP contribution in [0, 0.1) is 6.92 Å². The van der Waals surface area contributed by atoms with E-state index >= 15 is 0 Å². The molecule has 3 aromatic heterocycles. The third kappa shape index (κ3) is 3.84. The number of aromatic nitrogens is 5. The predicted molar refractivity (Wildman–Crippen MR) is 139 cm³/mol. The van der Waals surface area contributed by atoms with Crippen molar-refractivity contribution in [2.24, 2.45) is 0 Å². The first-order valence-corrected chi connectivity index (χ1v) is 11.8. The van der Waals surface area contributed by atoms with E-state index in [0.717, 1.165) is 38.8 Å². The van der Waals surface area contributed by atoms with E-state index in [-0.39, 0.29) is 0 Å². The van der Waals surface area contributed by atoms with E-state index in [1.54, 1.807) is 0 Å². The Balaban J connectivity index is 1.43. The van der Waals surface area contributed by atoms with E-state index in [0.29, 0.717) is 37.7 Å². The molecule has 0 bridgehead atoms. The van der Waals surface area contributed by atoms with E-state index in [1.807, 2.05) is 40.4 Å². The number of aryl methyl sites for hydroxylation is 1. The van der Waals surface area contributed by atoms with Gasteiger partial charge in [-0.15, -0.1) is 0 Å². The Hall–Kier alpha value is -4.66. The van der Waals surface area contributed by atoms with E-state index in [9.17, 15) is 9.90 Å². The fourth-order valence-electron chi connectivity index (χ4n) is 4.86. The Morgan fingerprint density at radius 2 is 1.94 bits per heavy atom. The van der Waals surface area contributed by atoms with Crippen LogP contribution in [0.15, 0.2) is 66.9 Å². The van der Waals surface area contributed by atoms with Gasteiger partial charge in [0.25, 0.3) is 0 Å². The maximum absolute atomic E-state index is 11.3. The highest BCUT2D eigenvalue weighted by Crippen LogP contribution is 2.36. The SMILES string of the molecule is Cc1nc(N)c2c(-c3ccc4cn(Cc5ccccc5)nc4c3)cc(C3=CCN(C(=O)O)CC3)n2n1. The van der Waals surface area contributed by atoms with Crippen LogP contribution in [0.1, 0.15) is 23.5 Å². The minimum atomic E-state index is -0.909. The molecule has 1 amide bonds. The third-order valence-corrected chi connectivity index (χ3v) is 6.61. The summed E-state index contributed by atoms with van der Waals surface area (Å²) in [5.41, 5.74) is 13.1. The zero-order valence-electron chi connectivity index (χ0n) is 19.8. The minimum absolute atomic E-state index is 0.345. The number of benzene rings is 2. The summed E-state index contributed by atoms with van der Waals surface area (Å²) in [6.45, 7) is 3.30. The fraction of sp³-hybridized carbons (Fsp3) is 0.185. The summed E-state index contributed by atoms with van der Waals surface area (Å²) in [5, 5.41) is 19.8. The maximum atomic E-state index is 11.3.